The van der Waals surface area contributed by atoms with Gasteiger partial charge in [-0.2, -0.15) is 0 Å². The van der Waals surface area contributed by atoms with E-state index in [2.05, 4.69) is 11.8 Å². The molecule has 1 fully saturated rings. The summed E-state index contributed by atoms with van der Waals surface area (Å²) in [6.45, 7) is 4.64. The van der Waals surface area contributed by atoms with E-state index in [0.29, 0.717) is 0 Å². The van der Waals surface area contributed by atoms with Crippen molar-refractivity contribution in [2.24, 2.45) is 0 Å². The Morgan fingerprint density at radius 2 is 2.08 bits per heavy atom. The molecule has 0 radical (unpaired) electrons. The van der Waals surface area contributed by atoms with Gasteiger partial charge in [-0.05, 0) is 19.3 Å². The fourth-order valence-electron chi connectivity index (χ4n) is 1.55. The lowest BCUT2D eigenvalue weighted by Gasteiger charge is -2.12. The molecule has 1 nitrogen and oxygen atoms in total. The summed E-state index contributed by atoms with van der Waals surface area (Å²) in [6, 6.07) is 0. The zero-order valence-corrected chi connectivity index (χ0v) is 10.2. The SMILES string of the molecule is CCC1=S=C(N2CCCC2)SC1=S. The van der Waals surface area contributed by atoms with Gasteiger partial charge in [-0.3, -0.25) is 4.90 Å². The summed E-state index contributed by atoms with van der Waals surface area (Å²) in [5.41, 5.74) is 0. The van der Waals surface area contributed by atoms with Crippen molar-refractivity contribution in [3.05, 3.63) is 0 Å². The molecule has 2 rings (SSSR count). The molecule has 0 atom stereocenters. The van der Waals surface area contributed by atoms with Crippen LogP contribution < -0.4 is 0 Å². The third-order valence-electron chi connectivity index (χ3n) is 2.30. The van der Waals surface area contributed by atoms with Crippen LogP contribution in [-0.4, -0.2) is 31.4 Å². The van der Waals surface area contributed by atoms with E-state index in [0.717, 1.165) is 10.6 Å². The van der Waals surface area contributed by atoms with E-state index in [1.165, 1.54) is 35.1 Å². The van der Waals surface area contributed by atoms with Crippen molar-refractivity contribution in [3.63, 3.8) is 0 Å². The first-order valence-corrected chi connectivity index (χ1v) is 6.73. The predicted octanol–water partition coefficient (Wildman–Crippen LogP) is 2.56. The maximum atomic E-state index is 5.31. The molecule has 0 spiro atoms. The molecule has 0 aromatic rings. The van der Waals surface area contributed by atoms with Gasteiger partial charge in [0.2, 0.25) is 0 Å². The van der Waals surface area contributed by atoms with Gasteiger partial charge < -0.3 is 0 Å². The zero-order valence-electron chi connectivity index (χ0n) is 7.71. The van der Waals surface area contributed by atoms with Crippen LogP contribution in [0.3, 0.4) is 0 Å². The molecule has 0 aromatic carbocycles. The number of nitrogens with zero attached hydrogens (tertiary/aromatic N) is 1. The summed E-state index contributed by atoms with van der Waals surface area (Å²) in [4.78, 5) is 3.87. The van der Waals surface area contributed by atoms with Gasteiger partial charge in [-0.1, -0.05) is 30.9 Å². The van der Waals surface area contributed by atoms with Gasteiger partial charge in [-0.15, -0.1) is 10.9 Å². The van der Waals surface area contributed by atoms with E-state index in [1.54, 1.807) is 11.8 Å². The van der Waals surface area contributed by atoms with Crippen molar-refractivity contribution in [2.75, 3.05) is 13.1 Å². The highest BCUT2D eigenvalue weighted by atomic mass is 32.2. The highest BCUT2D eigenvalue weighted by Crippen LogP contribution is 2.25. The Balaban J connectivity index is 2.16. The minimum absolute atomic E-state index is 1.09. The van der Waals surface area contributed by atoms with Crippen LogP contribution in [0.25, 0.3) is 0 Å². The maximum Gasteiger partial charge on any atom is 0.111 e. The Hall–Kier alpha value is 0.360. The van der Waals surface area contributed by atoms with Gasteiger partial charge in [-0.25, -0.2) is 0 Å². The number of hydrogen-bond acceptors (Lipinski definition) is 3. The van der Waals surface area contributed by atoms with Crippen LogP contribution in [0.1, 0.15) is 26.2 Å². The fourth-order valence-corrected chi connectivity index (χ4v) is 4.66. The molecule has 0 aromatic heterocycles. The summed E-state index contributed by atoms with van der Waals surface area (Å²) < 4.78 is 2.54. The normalized spacial score (nSPS) is 24.2. The molecule has 2 aliphatic heterocycles. The molecule has 0 saturated carbocycles. The number of rotatable bonds is 1. The van der Waals surface area contributed by atoms with E-state index >= 15 is 0 Å². The molecule has 13 heavy (non-hydrogen) atoms. The largest absolute Gasteiger partial charge is 0.261 e. The molecule has 0 amide bonds. The van der Waals surface area contributed by atoms with Crippen molar-refractivity contribution in [2.45, 2.75) is 26.2 Å². The van der Waals surface area contributed by atoms with E-state index in [1.807, 2.05) is 10.9 Å². The van der Waals surface area contributed by atoms with Gasteiger partial charge in [0.05, 0.1) is 4.20 Å². The minimum Gasteiger partial charge on any atom is -0.261 e. The third-order valence-corrected chi connectivity index (χ3v) is 5.60. The Bertz CT molecular complexity index is 296. The van der Waals surface area contributed by atoms with Crippen molar-refractivity contribution in [1.82, 2.24) is 4.90 Å². The maximum absolute atomic E-state index is 5.31. The van der Waals surface area contributed by atoms with Crippen LogP contribution in [0.4, 0.5) is 0 Å². The Morgan fingerprint density at radius 3 is 2.62 bits per heavy atom. The smallest absolute Gasteiger partial charge is 0.111 e. The average molecular weight is 231 g/mol. The molecular formula is C9H13NS3. The zero-order chi connectivity index (χ0) is 9.26. The van der Waals surface area contributed by atoms with Crippen LogP contribution >= 0.6 is 34.9 Å². The van der Waals surface area contributed by atoms with Gasteiger partial charge in [0.1, 0.15) is 4.32 Å². The Labute approximate surface area is 92.4 Å². The molecule has 0 N–H and O–H groups in total. The number of likely N-dealkylation sites (tertiary alicyclic amines) is 1. The van der Waals surface area contributed by atoms with E-state index in [4.69, 9.17) is 12.2 Å². The summed E-state index contributed by atoms with van der Waals surface area (Å²) in [5, 5.41) is 0. The monoisotopic (exact) mass is 231 g/mol. The molecular weight excluding hydrogens is 218 g/mol. The Kier molecular flexibility index (Phi) is 3.24. The minimum atomic E-state index is 1.09. The second kappa shape index (κ2) is 4.26. The van der Waals surface area contributed by atoms with Crippen molar-refractivity contribution < 1.29 is 0 Å². The molecule has 4 heteroatoms. The second-order valence-electron chi connectivity index (χ2n) is 3.23. The number of hydrogen-bond donors (Lipinski definition) is 0. The molecule has 2 aliphatic rings. The summed E-state index contributed by atoms with van der Waals surface area (Å²) in [6.07, 6.45) is 3.78. The van der Waals surface area contributed by atoms with E-state index in [9.17, 15) is 0 Å². The second-order valence-corrected chi connectivity index (χ2v) is 6.24. The average Bonchev–Trinajstić information content (AvgIpc) is 2.71. The van der Waals surface area contributed by atoms with Crippen LogP contribution in [0.2, 0.25) is 0 Å². The topological polar surface area (TPSA) is 3.24 Å². The van der Waals surface area contributed by atoms with Crippen LogP contribution in [0.5, 0.6) is 0 Å². The molecule has 1 saturated heterocycles. The summed E-state index contributed by atoms with van der Waals surface area (Å²) in [5.74, 6) is 0. The van der Waals surface area contributed by atoms with Gasteiger partial charge >= 0.3 is 0 Å². The lowest BCUT2D eigenvalue weighted by atomic mass is 10.4. The lowest BCUT2D eigenvalue weighted by Crippen LogP contribution is -2.23. The van der Waals surface area contributed by atoms with Crippen LogP contribution in [0, 0.1) is 0 Å². The van der Waals surface area contributed by atoms with Crippen molar-refractivity contribution in [1.29, 1.82) is 0 Å². The molecule has 0 unspecified atom stereocenters. The first kappa shape index (κ1) is 9.90. The molecule has 0 aliphatic carbocycles. The summed E-state index contributed by atoms with van der Waals surface area (Å²) >= 11 is 7.11. The lowest BCUT2D eigenvalue weighted by molar-refractivity contribution is 0.539. The first-order valence-electron chi connectivity index (χ1n) is 4.69. The first-order chi connectivity index (χ1) is 6.31. The van der Waals surface area contributed by atoms with Gasteiger partial charge in [0, 0.05) is 18.0 Å². The number of thioether (sulfide) groups is 1. The van der Waals surface area contributed by atoms with Crippen LogP contribution in [-0.2, 0) is 0 Å². The molecule has 2 heterocycles. The van der Waals surface area contributed by atoms with Gasteiger partial charge in [0.15, 0.2) is 0 Å². The number of thiocarbonyl (C=S) groups is 1. The standard InChI is InChI=1S/C9H13NS3/c1-2-7-8(11)13-9(12-7)10-5-3-4-6-10/h2-6H2,1H3. The third kappa shape index (κ3) is 2.06. The molecule has 0 bridgehead atoms. The highest BCUT2D eigenvalue weighted by molar-refractivity contribution is 8.46. The Morgan fingerprint density at radius 1 is 1.38 bits per heavy atom. The highest BCUT2D eigenvalue weighted by Gasteiger charge is 2.22. The van der Waals surface area contributed by atoms with Gasteiger partial charge in [0.25, 0.3) is 0 Å². The fraction of sp³-hybridized carbons (Fsp3) is 0.667. The van der Waals surface area contributed by atoms with Crippen molar-refractivity contribution in [3.8, 4) is 0 Å². The van der Waals surface area contributed by atoms with E-state index in [-0.39, 0.29) is 0 Å². The molecule has 72 valence electrons. The summed E-state index contributed by atoms with van der Waals surface area (Å²) in [7, 11) is 1.90. The quantitative estimate of drug-likeness (QED) is 0.639. The van der Waals surface area contributed by atoms with Crippen molar-refractivity contribution >= 4 is 48.3 Å². The van der Waals surface area contributed by atoms with Crippen LogP contribution in [0.15, 0.2) is 0 Å². The predicted molar refractivity (Wildman–Crippen MR) is 68.9 cm³/mol. The van der Waals surface area contributed by atoms with E-state index < -0.39 is 0 Å².